The predicted molar refractivity (Wildman–Crippen MR) is 141 cm³/mol. The lowest BCUT2D eigenvalue weighted by atomic mass is 9.95. The molecule has 8 heteroatoms. The van der Waals surface area contributed by atoms with Gasteiger partial charge in [0, 0.05) is 45.7 Å². The first-order valence-corrected chi connectivity index (χ1v) is 12.3. The zero-order valence-electron chi connectivity index (χ0n) is 19.8. The first kappa shape index (κ1) is 26.1. The third-order valence-electron chi connectivity index (χ3n) is 6.88. The number of nitrogens with zero attached hydrogens (tertiary/aromatic N) is 3. The SMILES string of the molecule is CN=C(NCc1cccc(OC2CCCCC2)c1)N1CCC(C(=O)N2CCOCC2)CC1.I. The van der Waals surface area contributed by atoms with Gasteiger partial charge in [-0.25, -0.2) is 0 Å². The van der Waals surface area contributed by atoms with Gasteiger partial charge in [-0.15, -0.1) is 24.0 Å². The van der Waals surface area contributed by atoms with Gasteiger partial charge in [0.2, 0.25) is 5.91 Å². The maximum atomic E-state index is 12.8. The quantitative estimate of drug-likeness (QED) is 0.333. The zero-order chi connectivity index (χ0) is 22.2. The molecule has 0 radical (unpaired) electrons. The van der Waals surface area contributed by atoms with Gasteiger partial charge < -0.3 is 24.6 Å². The molecule has 2 saturated heterocycles. The highest BCUT2D eigenvalue weighted by Gasteiger charge is 2.30. The topological polar surface area (TPSA) is 66.4 Å². The Hall–Kier alpha value is -1.55. The summed E-state index contributed by atoms with van der Waals surface area (Å²) in [5.74, 6) is 2.29. The Morgan fingerprint density at radius 1 is 1.06 bits per heavy atom. The molecule has 1 saturated carbocycles. The fraction of sp³-hybridized carbons (Fsp3) is 0.680. The number of piperidine rings is 1. The van der Waals surface area contributed by atoms with Crippen molar-refractivity contribution in [3.63, 3.8) is 0 Å². The summed E-state index contributed by atoms with van der Waals surface area (Å²) in [6, 6.07) is 8.40. The molecule has 1 aromatic carbocycles. The van der Waals surface area contributed by atoms with E-state index in [1.165, 1.54) is 37.7 Å². The summed E-state index contributed by atoms with van der Waals surface area (Å²) in [5, 5.41) is 3.50. The van der Waals surface area contributed by atoms with E-state index in [0.717, 1.165) is 50.7 Å². The van der Waals surface area contributed by atoms with Crippen LogP contribution in [0.3, 0.4) is 0 Å². The minimum atomic E-state index is 0. The standard InChI is InChI=1S/C25H38N4O3.HI/c1-26-25(29-12-10-21(11-13-29)24(30)28-14-16-31-17-15-28)27-19-20-6-5-9-23(18-20)32-22-7-3-2-4-8-22;/h5-6,9,18,21-22H,2-4,7-8,10-17,19H2,1H3,(H,26,27);1H. The fourth-order valence-corrected chi connectivity index (χ4v) is 5.00. The number of benzene rings is 1. The van der Waals surface area contributed by atoms with Crippen molar-refractivity contribution in [3.8, 4) is 5.75 Å². The molecule has 7 nitrogen and oxygen atoms in total. The molecular formula is C25H39IN4O3. The normalized spacial score (nSPS) is 20.8. The minimum Gasteiger partial charge on any atom is -0.490 e. The second-order valence-electron chi connectivity index (χ2n) is 9.13. The summed E-state index contributed by atoms with van der Waals surface area (Å²) in [7, 11) is 1.83. The minimum absolute atomic E-state index is 0. The molecule has 0 bridgehead atoms. The number of halogens is 1. The number of carbonyl (C=O) groups excluding carboxylic acids is 1. The Balaban J connectivity index is 0.00000306. The van der Waals surface area contributed by atoms with Crippen molar-refractivity contribution in [1.82, 2.24) is 15.1 Å². The van der Waals surface area contributed by atoms with Gasteiger partial charge in [-0.1, -0.05) is 18.6 Å². The lowest BCUT2D eigenvalue weighted by molar-refractivity contribution is -0.140. The van der Waals surface area contributed by atoms with Gasteiger partial charge in [0.15, 0.2) is 5.96 Å². The number of amides is 1. The number of rotatable bonds is 5. The van der Waals surface area contributed by atoms with Gasteiger partial charge >= 0.3 is 0 Å². The summed E-state index contributed by atoms with van der Waals surface area (Å²) >= 11 is 0. The van der Waals surface area contributed by atoms with E-state index in [1.807, 2.05) is 11.9 Å². The van der Waals surface area contributed by atoms with Crippen molar-refractivity contribution in [2.24, 2.45) is 10.9 Å². The van der Waals surface area contributed by atoms with Crippen molar-refractivity contribution < 1.29 is 14.3 Å². The van der Waals surface area contributed by atoms with Crippen LogP contribution in [-0.2, 0) is 16.1 Å². The van der Waals surface area contributed by atoms with Crippen molar-refractivity contribution in [3.05, 3.63) is 29.8 Å². The van der Waals surface area contributed by atoms with Crippen LogP contribution in [0.25, 0.3) is 0 Å². The predicted octanol–water partition coefficient (Wildman–Crippen LogP) is 3.66. The molecule has 3 fully saturated rings. The van der Waals surface area contributed by atoms with Gasteiger partial charge in [0.05, 0.1) is 19.3 Å². The van der Waals surface area contributed by atoms with Crippen molar-refractivity contribution in [2.75, 3.05) is 46.4 Å². The van der Waals surface area contributed by atoms with Gasteiger partial charge in [-0.3, -0.25) is 9.79 Å². The molecule has 1 N–H and O–H groups in total. The fourth-order valence-electron chi connectivity index (χ4n) is 5.00. The summed E-state index contributed by atoms with van der Waals surface area (Å²) in [4.78, 5) is 21.5. The third-order valence-corrected chi connectivity index (χ3v) is 6.88. The number of morpholine rings is 1. The number of carbonyl (C=O) groups is 1. The van der Waals surface area contributed by atoms with E-state index in [-0.39, 0.29) is 29.9 Å². The molecule has 0 spiro atoms. The van der Waals surface area contributed by atoms with Crippen molar-refractivity contribution in [2.45, 2.75) is 57.6 Å². The summed E-state index contributed by atoms with van der Waals surface area (Å²) in [5.41, 5.74) is 1.19. The number of hydrogen-bond acceptors (Lipinski definition) is 4. The lowest BCUT2D eigenvalue weighted by Gasteiger charge is -2.36. The first-order valence-electron chi connectivity index (χ1n) is 12.3. The molecule has 184 valence electrons. The number of guanidine groups is 1. The van der Waals surface area contributed by atoms with Crippen LogP contribution in [0.1, 0.15) is 50.5 Å². The van der Waals surface area contributed by atoms with E-state index < -0.39 is 0 Å². The van der Waals surface area contributed by atoms with Crippen LogP contribution in [0.2, 0.25) is 0 Å². The van der Waals surface area contributed by atoms with E-state index in [2.05, 4.69) is 39.5 Å². The summed E-state index contributed by atoms with van der Waals surface area (Å²) in [6.45, 7) is 5.19. The average Bonchev–Trinajstić information content (AvgIpc) is 2.86. The number of ether oxygens (including phenoxy) is 2. The molecule has 0 unspecified atom stereocenters. The van der Waals surface area contributed by atoms with Crippen molar-refractivity contribution in [1.29, 1.82) is 0 Å². The van der Waals surface area contributed by atoms with Gasteiger partial charge in [0.25, 0.3) is 0 Å². The van der Waals surface area contributed by atoms with Gasteiger partial charge in [0.1, 0.15) is 5.75 Å². The van der Waals surface area contributed by atoms with E-state index in [4.69, 9.17) is 9.47 Å². The molecule has 4 rings (SSSR count). The first-order chi connectivity index (χ1) is 15.7. The number of aliphatic imine (C=N–C) groups is 1. The monoisotopic (exact) mass is 570 g/mol. The van der Waals surface area contributed by atoms with E-state index in [1.54, 1.807) is 0 Å². The summed E-state index contributed by atoms with van der Waals surface area (Å²) < 4.78 is 11.6. The largest absolute Gasteiger partial charge is 0.490 e. The van der Waals surface area contributed by atoms with Crippen LogP contribution >= 0.6 is 24.0 Å². The Bertz CT molecular complexity index is 771. The van der Waals surface area contributed by atoms with Crippen LogP contribution < -0.4 is 10.1 Å². The molecule has 1 aliphatic carbocycles. The molecule has 1 aromatic rings. The maximum Gasteiger partial charge on any atom is 0.225 e. The average molecular weight is 571 g/mol. The van der Waals surface area contributed by atoms with Crippen LogP contribution in [0.4, 0.5) is 0 Å². The third kappa shape index (κ3) is 7.47. The molecule has 3 aliphatic rings. The summed E-state index contributed by atoms with van der Waals surface area (Å²) in [6.07, 6.45) is 8.33. The molecule has 0 aromatic heterocycles. The second-order valence-corrected chi connectivity index (χ2v) is 9.13. The van der Waals surface area contributed by atoms with Crippen molar-refractivity contribution >= 4 is 35.8 Å². The van der Waals surface area contributed by atoms with Gasteiger partial charge in [-0.2, -0.15) is 0 Å². The van der Waals surface area contributed by atoms with E-state index in [9.17, 15) is 4.79 Å². The molecule has 0 atom stereocenters. The van der Waals surface area contributed by atoms with Crippen LogP contribution in [0.15, 0.2) is 29.3 Å². The Kier molecular flexibility index (Phi) is 10.6. The second kappa shape index (κ2) is 13.4. The van der Waals surface area contributed by atoms with E-state index in [0.29, 0.717) is 31.8 Å². The number of hydrogen-bond donors (Lipinski definition) is 1. The maximum absolute atomic E-state index is 12.8. The smallest absolute Gasteiger partial charge is 0.225 e. The molecular weight excluding hydrogens is 531 g/mol. The highest BCUT2D eigenvalue weighted by atomic mass is 127. The van der Waals surface area contributed by atoms with Crippen LogP contribution in [0.5, 0.6) is 5.75 Å². The molecule has 2 heterocycles. The number of nitrogens with one attached hydrogen (secondary N) is 1. The Labute approximate surface area is 215 Å². The molecule has 2 aliphatic heterocycles. The Morgan fingerprint density at radius 2 is 1.79 bits per heavy atom. The van der Waals surface area contributed by atoms with E-state index >= 15 is 0 Å². The van der Waals surface area contributed by atoms with Crippen LogP contribution in [0, 0.1) is 5.92 Å². The van der Waals surface area contributed by atoms with Gasteiger partial charge in [-0.05, 0) is 56.2 Å². The molecule has 1 amide bonds. The zero-order valence-corrected chi connectivity index (χ0v) is 22.2. The highest BCUT2D eigenvalue weighted by molar-refractivity contribution is 14.0. The highest BCUT2D eigenvalue weighted by Crippen LogP contribution is 2.24. The number of likely N-dealkylation sites (tertiary alicyclic amines) is 1. The lowest BCUT2D eigenvalue weighted by Crippen LogP contribution is -2.49. The molecule has 33 heavy (non-hydrogen) atoms. The Morgan fingerprint density at radius 3 is 2.48 bits per heavy atom. The van der Waals surface area contributed by atoms with Crippen LogP contribution in [-0.4, -0.2) is 74.2 Å².